The minimum Gasteiger partial charge on any atom is -0.337 e. The Hall–Kier alpha value is -2.40. The smallest absolute Gasteiger partial charge is 0.253 e. The first-order chi connectivity index (χ1) is 10.7. The van der Waals surface area contributed by atoms with E-state index in [4.69, 9.17) is 0 Å². The maximum atomic E-state index is 12.4. The van der Waals surface area contributed by atoms with Crippen LogP contribution in [0.2, 0.25) is 0 Å². The van der Waals surface area contributed by atoms with Crippen molar-refractivity contribution < 1.29 is 4.79 Å². The highest BCUT2D eigenvalue weighted by Crippen LogP contribution is 2.12. The summed E-state index contributed by atoms with van der Waals surface area (Å²) in [7, 11) is 1.83. The molecule has 3 aromatic rings. The van der Waals surface area contributed by atoms with Crippen LogP contribution in [0.3, 0.4) is 0 Å². The highest BCUT2D eigenvalue weighted by molar-refractivity contribution is 7.07. The van der Waals surface area contributed by atoms with Gasteiger partial charge in [0.1, 0.15) is 0 Å². The molecule has 0 atom stereocenters. The zero-order chi connectivity index (χ0) is 15.4. The monoisotopic (exact) mass is 311 g/mol. The lowest BCUT2D eigenvalue weighted by Gasteiger charge is -2.16. The van der Waals surface area contributed by atoms with E-state index in [0.717, 1.165) is 11.1 Å². The van der Waals surface area contributed by atoms with Crippen LogP contribution in [0.25, 0.3) is 0 Å². The third-order valence-corrected chi connectivity index (χ3v) is 4.18. The van der Waals surface area contributed by atoms with Gasteiger partial charge in [0.15, 0.2) is 0 Å². The average Bonchev–Trinajstić information content (AvgIpc) is 3.21. The fraction of sp³-hybridized carbons (Fsp3) is 0.176. The van der Waals surface area contributed by atoms with Crippen molar-refractivity contribution in [2.45, 2.75) is 13.1 Å². The summed E-state index contributed by atoms with van der Waals surface area (Å²) in [4.78, 5) is 14.2. The van der Waals surface area contributed by atoms with Crippen LogP contribution in [-0.2, 0) is 13.1 Å². The SMILES string of the molecule is CN(Cc1ccsc1)C(=O)c1ccc(Cn2cccn2)cc1. The third-order valence-electron chi connectivity index (χ3n) is 3.45. The highest BCUT2D eigenvalue weighted by atomic mass is 32.1. The van der Waals surface area contributed by atoms with Crippen LogP contribution >= 0.6 is 11.3 Å². The largest absolute Gasteiger partial charge is 0.337 e. The molecule has 0 aliphatic rings. The number of rotatable bonds is 5. The van der Waals surface area contributed by atoms with Crippen molar-refractivity contribution in [1.29, 1.82) is 0 Å². The van der Waals surface area contributed by atoms with Crippen LogP contribution in [0.15, 0.2) is 59.6 Å². The Kier molecular flexibility index (Phi) is 4.34. The van der Waals surface area contributed by atoms with E-state index in [0.29, 0.717) is 18.7 Å². The molecule has 0 saturated carbocycles. The molecule has 2 heterocycles. The predicted molar refractivity (Wildman–Crippen MR) is 87.9 cm³/mol. The van der Waals surface area contributed by atoms with Crippen molar-refractivity contribution in [3.8, 4) is 0 Å². The van der Waals surface area contributed by atoms with Crippen molar-refractivity contribution >= 4 is 17.2 Å². The molecule has 0 fully saturated rings. The Morgan fingerprint density at radius 3 is 2.68 bits per heavy atom. The molecule has 4 nitrogen and oxygen atoms in total. The molecule has 0 bridgehead atoms. The lowest BCUT2D eigenvalue weighted by Crippen LogP contribution is -2.25. The number of carbonyl (C=O) groups is 1. The summed E-state index contributed by atoms with van der Waals surface area (Å²) in [5, 5.41) is 8.27. The number of aromatic nitrogens is 2. The van der Waals surface area contributed by atoms with Gasteiger partial charge in [-0.3, -0.25) is 9.48 Å². The first kappa shape index (κ1) is 14.5. The van der Waals surface area contributed by atoms with Crippen LogP contribution in [0, 0.1) is 0 Å². The summed E-state index contributed by atoms with van der Waals surface area (Å²) in [6.07, 6.45) is 3.69. The van der Waals surface area contributed by atoms with Gasteiger partial charge in [0, 0.05) is 31.5 Å². The molecule has 3 rings (SSSR count). The van der Waals surface area contributed by atoms with Crippen LogP contribution in [-0.4, -0.2) is 27.6 Å². The predicted octanol–water partition coefficient (Wildman–Crippen LogP) is 3.27. The lowest BCUT2D eigenvalue weighted by atomic mass is 10.1. The molecule has 0 radical (unpaired) electrons. The average molecular weight is 311 g/mol. The topological polar surface area (TPSA) is 38.1 Å². The van der Waals surface area contributed by atoms with E-state index in [1.54, 1.807) is 22.4 Å². The van der Waals surface area contributed by atoms with Gasteiger partial charge in [0.2, 0.25) is 0 Å². The van der Waals surface area contributed by atoms with Crippen LogP contribution in [0.4, 0.5) is 0 Å². The van der Waals surface area contributed by atoms with Gasteiger partial charge in [-0.15, -0.1) is 0 Å². The molecular formula is C17H17N3OS. The normalized spacial score (nSPS) is 10.6. The maximum absolute atomic E-state index is 12.4. The second-order valence-electron chi connectivity index (χ2n) is 5.19. The Morgan fingerprint density at radius 1 is 1.23 bits per heavy atom. The number of thiophene rings is 1. The molecule has 0 N–H and O–H groups in total. The van der Waals surface area contributed by atoms with E-state index < -0.39 is 0 Å². The van der Waals surface area contributed by atoms with Gasteiger partial charge in [0.05, 0.1) is 6.54 Å². The van der Waals surface area contributed by atoms with Crippen molar-refractivity contribution in [2.24, 2.45) is 0 Å². The van der Waals surface area contributed by atoms with E-state index in [9.17, 15) is 4.79 Å². The fourth-order valence-electron chi connectivity index (χ4n) is 2.28. The van der Waals surface area contributed by atoms with Gasteiger partial charge in [-0.05, 0) is 46.2 Å². The lowest BCUT2D eigenvalue weighted by molar-refractivity contribution is 0.0785. The van der Waals surface area contributed by atoms with Crippen molar-refractivity contribution in [3.05, 3.63) is 76.2 Å². The van der Waals surface area contributed by atoms with Crippen molar-refractivity contribution in [3.63, 3.8) is 0 Å². The number of amides is 1. The third kappa shape index (κ3) is 3.43. The van der Waals surface area contributed by atoms with Gasteiger partial charge in [0.25, 0.3) is 5.91 Å². The van der Waals surface area contributed by atoms with Gasteiger partial charge < -0.3 is 4.90 Å². The maximum Gasteiger partial charge on any atom is 0.253 e. The Balaban J connectivity index is 1.65. The summed E-state index contributed by atoms with van der Waals surface area (Å²) in [6, 6.07) is 11.7. The van der Waals surface area contributed by atoms with Gasteiger partial charge >= 0.3 is 0 Å². The zero-order valence-corrected chi connectivity index (χ0v) is 13.2. The number of hydrogen-bond donors (Lipinski definition) is 0. The van der Waals surface area contributed by atoms with Crippen LogP contribution < -0.4 is 0 Å². The summed E-state index contributed by atoms with van der Waals surface area (Å²) in [5.74, 6) is 0.0387. The standard InChI is InChI=1S/C17H17N3OS/c1-19(11-15-7-10-22-13-15)17(21)16-5-3-14(4-6-16)12-20-9-2-8-18-20/h2-10,13H,11-12H2,1H3. The van der Waals surface area contributed by atoms with Gasteiger partial charge in [-0.2, -0.15) is 16.4 Å². The van der Waals surface area contributed by atoms with E-state index in [-0.39, 0.29) is 5.91 Å². The molecule has 5 heteroatoms. The molecule has 0 unspecified atom stereocenters. The van der Waals surface area contributed by atoms with Crippen molar-refractivity contribution in [2.75, 3.05) is 7.05 Å². The number of benzene rings is 1. The van der Waals surface area contributed by atoms with Gasteiger partial charge in [-0.1, -0.05) is 12.1 Å². The molecule has 2 aromatic heterocycles. The Morgan fingerprint density at radius 2 is 2.05 bits per heavy atom. The molecule has 0 spiro atoms. The fourth-order valence-corrected chi connectivity index (χ4v) is 2.94. The second kappa shape index (κ2) is 6.58. The van der Waals surface area contributed by atoms with Gasteiger partial charge in [-0.25, -0.2) is 0 Å². The molecule has 22 heavy (non-hydrogen) atoms. The van der Waals surface area contributed by atoms with E-state index in [2.05, 4.69) is 10.5 Å². The first-order valence-corrected chi connectivity index (χ1v) is 7.99. The molecule has 112 valence electrons. The molecule has 1 aromatic carbocycles. The van der Waals surface area contributed by atoms with E-state index in [1.807, 2.05) is 59.7 Å². The first-order valence-electron chi connectivity index (χ1n) is 7.05. The van der Waals surface area contributed by atoms with Crippen LogP contribution in [0.5, 0.6) is 0 Å². The minimum atomic E-state index is 0.0387. The highest BCUT2D eigenvalue weighted by Gasteiger charge is 2.12. The van der Waals surface area contributed by atoms with Crippen molar-refractivity contribution in [1.82, 2.24) is 14.7 Å². The van der Waals surface area contributed by atoms with E-state index in [1.165, 1.54) is 0 Å². The minimum absolute atomic E-state index is 0.0387. The summed E-state index contributed by atoms with van der Waals surface area (Å²) >= 11 is 1.65. The number of carbonyl (C=O) groups excluding carboxylic acids is 1. The Labute approximate surface area is 133 Å². The Bertz CT molecular complexity index is 718. The molecule has 0 aliphatic carbocycles. The molecule has 0 aliphatic heterocycles. The zero-order valence-electron chi connectivity index (χ0n) is 12.3. The molecular weight excluding hydrogens is 294 g/mol. The second-order valence-corrected chi connectivity index (χ2v) is 5.97. The summed E-state index contributed by atoms with van der Waals surface area (Å²) in [5.41, 5.74) is 3.00. The van der Waals surface area contributed by atoms with Crippen LogP contribution in [0.1, 0.15) is 21.5 Å². The molecule has 0 saturated heterocycles. The quantitative estimate of drug-likeness (QED) is 0.725. The summed E-state index contributed by atoms with van der Waals surface area (Å²) < 4.78 is 1.86. The van der Waals surface area contributed by atoms with E-state index >= 15 is 0 Å². The summed E-state index contributed by atoms with van der Waals surface area (Å²) in [6.45, 7) is 1.35. The number of hydrogen-bond acceptors (Lipinski definition) is 3. The number of nitrogens with zero attached hydrogens (tertiary/aromatic N) is 3. The molecule has 1 amide bonds.